The number of fused-ring (bicyclic) bond motifs is 3. The molecule has 0 spiro atoms. The van der Waals surface area contributed by atoms with E-state index in [9.17, 15) is 9.59 Å². The lowest BCUT2D eigenvalue weighted by Crippen LogP contribution is -2.55. The Morgan fingerprint density at radius 2 is 1.45 bits per heavy atom. The van der Waals surface area contributed by atoms with Crippen LogP contribution in [0.1, 0.15) is 47.5 Å². The van der Waals surface area contributed by atoms with Gasteiger partial charge >= 0.3 is 11.9 Å². The van der Waals surface area contributed by atoms with Gasteiger partial charge in [0.25, 0.3) is 0 Å². The average Bonchev–Trinajstić information content (AvgIpc) is 2.46. The Hall–Kier alpha value is -1.06. The van der Waals surface area contributed by atoms with E-state index < -0.39 is 0 Å². The van der Waals surface area contributed by atoms with Crippen LogP contribution in [0.25, 0.3) is 0 Å². The summed E-state index contributed by atoms with van der Waals surface area (Å²) in [4.78, 5) is 25.1. The minimum Gasteiger partial charge on any atom is -0.466 e. The van der Waals surface area contributed by atoms with E-state index in [-0.39, 0.29) is 35.6 Å². The van der Waals surface area contributed by atoms with Crippen molar-refractivity contribution in [1.82, 2.24) is 0 Å². The van der Waals surface area contributed by atoms with Crippen LogP contribution in [0.5, 0.6) is 0 Å². The summed E-state index contributed by atoms with van der Waals surface area (Å²) >= 11 is 0. The zero-order valence-corrected chi connectivity index (χ0v) is 14.5. The maximum Gasteiger partial charge on any atom is 0.310 e. The van der Waals surface area contributed by atoms with Crippen molar-refractivity contribution in [1.29, 1.82) is 0 Å². The van der Waals surface area contributed by atoms with Gasteiger partial charge in [0.2, 0.25) is 0 Å². The molecule has 0 saturated heterocycles. The SMILES string of the molecule is CCOC(=O)[C@H]1C2CC(C(C)C)C(CC2C)[C@@H]1C(=O)OCC. The Morgan fingerprint density at radius 1 is 0.955 bits per heavy atom. The predicted molar refractivity (Wildman–Crippen MR) is 84.0 cm³/mol. The van der Waals surface area contributed by atoms with Gasteiger partial charge in [-0.25, -0.2) is 0 Å². The van der Waals surface area contributed by atoms with Gasteiger partial charge in [0.15, 0.2) is 0 Å². The van der Waals surface area contributed by atoms with Crippen LogP contribution in [0.4, 0.5) is 0 Å². The molecule has 0 aromatic heterocycles. The Balaban J connectivity index is 2.33. The first-order chi connectivity index (χ1) is 10.4. The number of carbonyl (C=O) groups is 2. The van der Waals surface area contributed by atoms with Gasteiger partial charge < -0.3 is 9.47 Å². The average molecular weight is 310 g/mol. The maximum atomic E-state index is 12.6. The first-order valence-corrected chi connectivity index (χ1v) is 8.75. The molecule has 0 aromatic rings. The second-order valence-corrected chi connectivity index (χ2v) is 7.24. The largest absolute Gasteiger partial charge is 0.466 e. The molecule has 0 radical (unpaired) electrons. The van der Waals surface area contributed by atoms with Crippen LogP contribution in [0, 0.1) is 41.4 Å². The molecule has 0 N–H and O–H groups in total. The summed E-state index contributed by atoms with van der Waals surface area (Å²) in [7, 11) is 0. The summed E-state index contributed by atoms with van der Waals surface area (Å²) in [6.45, 7) is 11.0. The molecule has 0 heterocycles. The monoisotopic (exact) mass is 310 g/mol. The van der Waals surface area contributed by atoms with Gasteiger partial charge in [-0.05, 0) is 56.3 Å². The van der Waals surface area contributed by atoms with Gasteiger partial charge in [-0.1, -0.05) is 20.8 Å². The van der Waals surface area contributed by atoms with Crippen LogP contribution in [0.15, 0.2) is 0 Å². The van der Waals surface area contributed by atoms with E-state index in [1.54, 1.807) is 0 Å². The van der Waals surface area contributed by atoms with Gasteiger partial charge in [0, 0.05) is 0 Å². The summed E-state index contributed by atoms with van der Waals surface area (Å²) in [5.41, 5.74) is 0. The van der Waals surface area contributed by atoms with E-state index in [1.165, 1.54) is 0 Å². The number of esters is 2. The van der Waals surface area contributed by atoms with Gasteiger partial charge in [-0.3, -0.25) is 9.59 Å². The van der Waals surface area contributed by atoms with E-state index >= 15 is 0 Å². The van der Waals surface area contributed by atoms with Crippen LogP contribution in [0.3, 0.4) is 0 Å². The highest BCUT2D eigenvalue weighted by atomic mass is 16.5. The Bertz CT molecular complexity index is 417. The van der Waals surface area contributed by atoms with E-state index in [0.29, 0.717) is 31.0 Å². The van der Waals surface area contributed by atoms with Crippen LogP contribution in [-0.2, 0) is 19.1 Å². The third-order valence-electron chi connectivity index (χ3n) is 5.75. The zero-order valence-electron chi connectivity index (χ0n) is 14.5. The van der Waals surface area contributed by atoms with Gasteiger partial charge in [0.05, 0.1) is 25.0 Å². The molecule has 22 heavy (non-hydrogen) atoms. The summed E-state index contributed by atoms with van der Waals surface area (Å²) in [6, 6.07) is 0. The molecule has 6 atom stereocenters. The molecule has 3 rings (SSSR count). The molecule has 3 aliphatic rings. The number of ether oxygens (including phenoxy) is 2. The minimum atomic E-state index is -0.318. The third-order valence-corrected chi connectivity index (χ3v) is 5.75. The molecule has 3 fully saturated rings. The molecule has 4 nitrogen and oxygen atoms in total. The normalized spacial score (nSPS) is 37.2. The summed E-state index contributed by atoms with van der Waals surface area (Å²) < 4.78 is 10.6. The van der Waals surface area contributed by atoms with Crippen molar-refractivity contribution >= 4 is 11.9 Å². The number of hydrogen-bond donors (Lipinski definition) is 0. The molecule has 0 amide bonds. The van der Waals surface area contributed by atoms with Crippen LogP contribution >= 0.6 is 0 Å². The third kappa shape index (κ3) is 3.02. The fourth-order valence-electron chi connectivity index (χ4n) is 4.83. The first-order valence-electron chi connectivity index (χ1n) is 8.75. The van der Waals surface area contributed by atoms with E-state index in [4.69, 9.17) is 9.47 Å². The number of rotatable bonds is 5. The summed E-state index contributed by atoms with van der Waals surface area (Å²) in [5.74, 6) is 0.946. The van der Waals surface area contributed by atoms with E-state index in [1.807, 2.05) is 13.8 Å². The van der Waals surface area contributed by atoms with Crippen LogP contribution in [0.2, 0.25) is 0 Å². The van der Waals surface area contributed by atoms with Crippen molar-refractivity contribution < 1.29 is 19.1 Å². The summed E-state index contributed by atoms with van der Waals surface area (Å²) in [5, 5.41) is 0. The van der Waals surface area contributed by atoms with Crippen molar-refractivity contribution in [2.75, 3.05) is 13.2 Å². The fraction of sp³-hybridized carbons (Fsp3) is 0.889. The smallest absolute Gasteiger partial charge is 0.310 e. The molecule has 3 saturated carbocycles. The number of hydrogen-bond acceptors (Lipinski definition) is 4. The molecule has 0 aromatic carbocycles. The molecule has 0 aliphatic heterocycles. The van der Waals surface area contributed by atoms with Crippen molar-refractivity contribution in [3.8, 4) is 0 Å². The van der Waals surface area contributed by atoms with Crippen molar-refractivity contribution in [2.45, 2.75) is 47.5 Å². The topological polar surface area (TPSA) is 52.6 Å². The standard InChI is InChI=1S/C18H30O4/c1-6-21-17(19)15-13-9-12(10(3)4)14(8-11(13)5)16(15)18(20)22-7-2/h10-16H,6-9H2,1-5H3/t11?,12?,13?,14?,15-,16-/m0/s1. The van der Waals surface area contributed by atoms with Gasteiger partial charge in [-0.2, -0.15) is 0 Å². The lowest BCUT2D eigenvalue weighted by Gasteiger charge is -2.54. The van der Waals surface area contributed by atoms with Gasteiger partial charge in [-0.15, -0.1) is 0 Å². The highest BCUT2D eigenvalue weighted by Crippen LogP contribution is 2.56. The van der Waals surface area contributed by atoms with Crippen LogP contribution in [-0.4, -0.2) is 25.2 Å². The quantitative estimate of drug-likeness (QED) is 0.731. The predicted octanol–water partition coefficient (Wildman–Crippen LogP) is 3.29. The van der Waals surface area contributed by atoms with Crippen LogP contribution < -0.4 is 0 Å². The molecular weight excluding hydrogens is 280 g/mol. The van der Waals surface area contributed by atoms with E-state index in [2.05, 4.69) is 20.8 Å². The molecule has 4 unspecified atom stereocenters. The molecule has 2 bridgehead atoms. The first kappa shape index (κ1) is 17.3. The van der Waals surface area contributed by atoms with Gasteiger partial charge in [0.1, 0.15) is 0 Å². The Kier molecular flexibility index (Phi) is 5.51. The summed E-state index contributed by atoms with van der Waals surface area (Å²) in [6.07, 6.45) is 2.05. The molecule has 126 valence electrons. The highest BCUT2D eigenvalue weighted by Gasteiger charge is 2.58. The lowest BCUT2D eigenvalue weighted by atomic mass is 9.49. The van der Waals surface area contributed by atoms with Crippen molar-refractivity contribution in [2.24, 2.45) is 41.4 Å². The minimum absolute atomic E-state index is 0.201. The molecule has 4 heteroatoms. The Labute approximate surface area is 133 Å². The molecular formula is C18H30O4. The zero-order chi connectivity index (χ0) is 16.4. The second-order valence-electron chi connectivity index (χ2n) is 7.24. The molecule has 3 aliphatic carbocycles. The fourth-order valence-corrected chi connectivity index (χ4v) is 4.83. The maximum absolute atomic E-state index is 12.6. The lowest BCUT2D eigenvalue weighted by molar-refractivity contribution is -0.182. The Morgan fingerprint density at radius 3 is 1.91 bits per heavy atom. The van der Waals surface area contributed by atoms with Crippen molar-refractivity contribution in [3.05, 3.63) is 0 Å². The number of carbonyl (C=O) groups excluding carboxylic acids is 2. The van der Waals surface area contributed by atoms with E-state index in [0.717, 1.165) is 12.8 Å². The van der Waals surface area contributed by atoms with Crippen molar-refractivity contribution in [3.63, 3.8) is 0 Å². The highest BCUT2D eigenvalue weighted by molar-refractivity contribution is 5.83. The second kappa shape index (κ2) is 7.01.